The Kier molecular flexibility index (Phi) is 6.79. The first-order valence-electron chi connectivity index (χ1n) is 10.3. The Morgan fingerprint density at radius 3 is 1.83 bits per heavy atom. The molecule has 144 valence electrons. The van der Waals surface area contributed by atoms with E-state index >= 15 is 0 Å². The number of aryl methyl sites for hydroxylation is 1. The van der Waals surface area contributed by atoms with Crippen LogP contribution < -0.4 is 0 Å². The molecule has 4 aromatic rings. The lowest BCUT2D eigenvalue weighted by Gasteiger charge is -2.11. The number of rotatable bonds is 8. The maximum atomic E-state index is 3.89. The third kappa shape index (κ3) is 4.62. The highest BCUT2D eigenvalue weighted by Gasteiger charge is 2.20. The molecular formula is C27H26P2. The highest BCUT2D eigenvalue weighted by Crippen LogP contribution is 2.62. The fraction of sp³-hybridized carbons (Fsp3) is 0.148. The van der Waals surface area contributed by atoms with Crippen molar-refractivity contribution in [3.05, 3.63) is 104 Å². The summed E-state index contributed by atoms with van der Waals surface area (Å²) in [7, 11) is 1.24. The molecule has 1 aromatic heterocycles. The average Bonchev–Trinajstić information content (AvgIpc) is 3.18. The molecule has 0 aliphatic rings. The van der Waals surface area contributed by atoms with E-state index in [9.17, 15) is 0 Å². The summed E-state index contributed by atoms with van der Waals surface area (Å²) < 4.78 is 0. The second kappa shape index (κ2) is 9.89. The van der Waals surface area contributed by atoms with Crippen LogP contribution in [0.2, 0.25) is 0 Å². The molecule has 0 spiro atoms. The molecule has 29 heavy (non-hydrogen) atoms. The first kappa shape index (κ1) is 19.9. The van der Waals surface area contributed by atoms with Gasteiger partial charge in [-0.05, 0) is 50.0 Å². The van der Waals surface area contributed by atoms with Crippen LogP contribution in [0.25, 0.3) is 32.8 Å². The predicted molar refractivity (Wildman–Crippen MR) is 132 cm³/mol. The number of benzene rings is 3. The lowest BCUT2D eigenvalue weighted by Crippen LogP contribution is -1.84. The molecule has 0 N–H and O–H groups in total. The van der Waals surface area contributed by atoms with Gasteiger partial charge in [-0.2, -0.15) is 0 Å². The van der Waals surface area contributed by atoms with E-state index in [2.05, 4.69) is 97.6 Å². The SMILES string of the molecule is C=CCCCCp1pc(-c2ccccc2)c(-c2ccccc2)c1-c1ccccc1. The molecule has 2 heteroatoms. The van der Waals surface area contributed by atoms with E-state index in [0.717, 1.165) is 6.42 Å². The van der Waals surface area contributed by atoms with Crippen LogP contribution in [0, 0.1) is 0 Å². The van der Waals surface area contributed by atoms with Gasteiger partial charge in [0.15, 0.2) is 0 Å². The highest BCUT2D eigenvalue weighted by atomic mass is 31.9. The molecule has 0 fully saturated rings. The van der Waals surface area contributed by atoms with Gasteiger partial charge in [0.2, 0.25) is 0 Å². The normalized spacial score (nSPS) is 11.7. The zero-order valence-electron chi connectivity index (χ0n) is 16.7. The van der Waals surface area contributed by atoms with Crippen LogP contribution in [0.3, 0.4) is 0 Å². The summed E-state index contributed by atoms with van der Waals surface area (Å²) in [6.07, 6.45) is 6.95. The molecule has 0 aliphatic heterocycles. The van der Waals surface area contributed by atoms with Gasteiger partial charge in [0.05, 0.1) is 0 Å². The van der Waals surface area contributed by atoms with Crippen molar-refractivity contribution in [2.45, 2.75) is 25.4 Å². The van der Waals surface area contributed by atoms with E-state index in [0.29, 0.717) is 0 Å². The second-order valence-corrected chi connectivity index (χ2v) is 11.6. The fourth-order valence-electron chi connectivity index (χ4n) is 3.74. The zero-order valence-corrected chi connectivity index (χ0v) is 18.5. The first-order valence-corrected chi connectivity index (χ1v) is 13.4. The molecule has 0 saturated carbocycles. The highest BCUT2D eigenvalue weighted by molar-refractivity contribution is 8.03. The monoisotopic (exact) mass is 412 g/mol. The minimum atomic E-state index is -0.247. The molecule has 1 unspecified atom stereocenters. The van der Waals surface area contributed by atoms with Gasteiger partial charge in [0.25, 0.3) is 0 Å². The maximum absolute atomic E-state index is 3.89. The van der Waals surface area contributed by atoms with E-state index in [1.165, 1.54) is 54.4 Å². The van der Waals surface area contributed by atoms with E-state index in [4.69, 9.17) is 0 Å². The van der Waals surface area contributed by atoms with E-state index in [1.54, 1.807) is 5.30 Å². The van der Waals surface area contributed by atoms with Crippen molar-refractivity contribution in [3.63, 3.8) is 0 Å². The molecular weight excluding hydrogens is 386 g/mol. The molecule has 0 bridgehead atoms. The van der Waals surface area contributed by atoms with E-state index < -0.39 is 0 Å². The lowest BCUT2D eigenvalue weighted by atomic mass is 9.98. The van der Waals surface area contributed by atoms with Gasteiger partial charge in [-0.1, -0.05) is 104 Å². The smallest absolute Gasteiger partial charge is 0.0218 e. The van der Waals surface area contributed by atoms with Gasteiger partial charge in [-0.3, -0.25) is 0 Å². The van der Waals surface area contributed by atoms with Crippen LogP contribution in [0.4, 0.5) is 0 Å². The minimum Gasteiger partial charge on any atom is -0.103 e. The number of allylic oxidation sites excluding steroid dienone is 1. The van der Waals surface area contributed by atoms with Gasteiger partial charge in [0.1, 0.15) is 0 Å². The standard InChI is InChI=1S/C27H26P2/c1-2-3-4-14-21-29-27(24-19-12-7-13-20-24)25(22-15-8-5-9-16-22)26(28-29)23-17-10-6-11-18-23/h2,5-13,15-20H,1,3-4,14,21H2. The van der Waals surface area contributed by atoms with Crippen molar-refractivity contribution in [1.82, 2.24) is 0 Å². The van der Waals surface area contributed by atoms with Crippen LogP contribution in [0.1, 0.15) is 19.3 Å². The summed E-state index contributed by atoms with van der Waals surface area (Å²) in [6.45, 7) is 3.89. The largest absolute Gasteiger partial charge is 0.103 e. The van der Waals surface area contributed by atoms with E-state index in [1.807, 2.05) is 6.08 Å². The van der Waals surface area contributed by atoms with Crippen molar-refractivity contribution >= 4 is 15.1 Å². The molecule has 4 rings (SSSR count). The van der Waals surface area contributed by atoms with Gasteiger partial charge in [0, 0.05) is 16.2 Å². The van der Waals surface area contributed by atoms with Gasteiger partial charge in [-0.25, -0.2) is 0 Å². The van der Waals surface area contributed by atoms with Gasteiger partial charge in [-0.15, -0.1) is 6.58 Å². The van der Waals surface area contributed by atoms with Crippen molar-refractivity contribution in [3.8, 4) is 32.8 Å². The lowest BCUT2D eigenvalue weighted by molar-refractivity contribution is 0.794. The summed E-state index contributed by atoms with van der Waals surface area (Å²) in [5, 5.41) is 3.07. The number of hydrogen-bond donors (Lipinski definition) is 0. The maximum Gasteiger partial charge on any atom is 0.0218 e. The van der Waals surface area contributed by atoms with Crippen LogP contribution >= 0.6 is 15.1 Å². The molecule has 3 aromatic carbocycles. The Balaban J connectivity index is 1.91. The van der Waals surface area contributed by atoms with Gasteiger partial charge < -0.3 is 0 Å². The summed E-state index contributed by atoms with van der Waals surface area (Å²) in [6, 6.07) is 33.0. The quantitative estimate of drug-likeness (QED) is 0.200. The van der Waals surface area contributed by atoms with Crippen LogP contribution in [-0.4, -0.2) is 0 Å². The Morgan fingerprint density at radius 1 is 0.690 bits per heavy atom. The summed E-state index contributed by atoms with van der Waals surface area (Å²) in [4.78, 5) is 0. The second-order valence-electron chi connectivity index (χ2n) is 7.18. The van der Waals surface area contributed by atoms with Crippen molar-refractivity contribution < 1.29 is 0 Å². The Labute approximate surface area is 177 Å². The van der Waals surface area contributed by atoms with Crippen LogP contribution in [0.15, 0.2) is 104 Å². The summed E-state index contributed by atoms with van der Waals surface area (Å²) in [5.41, 5.74) is 5.55. The van der Waals surface area contributed by atoms with Crippen LogP contribution in [0.5, 0.6) is 0 Å². The molecule has 0 radical (unpaired) electrons. The van der Waals surface area contributed by atoms with Crippen molar-refractivity contribution in [2.75, 3.05) is 0 Å². The Hall–Kier alpha value is -2.39. The third-order valence-electron chi connectivity index (χ3n) is 5.14. The topological polar surface area (TPSA) is 0 Å². The summed E-state index contributed by atoms with van der Waals surface area (Å²) >= 11 is 0. The van der Waals surface area contributed by atoms with E-state index in [-0.39, 0.29) is 7.21 Å². The fourth-order valence-corrected chi connectivity index (χ4v) is 9.61. The van der Waals surface area contributed by atoms with Crippen LogP contribution in [-0.2, 0) is 6.16 Å². The van der Waals surface area contributed by atoms with Gasteiger partial charge >= 0.3 is 0 Å². The predicted octanol–water partition coefficient (Wildman–Crippen LogP) is 9.61. The summed E-state index contributed by atoms with van der Waals surface area (Å²) in [5.74, 6) is 0. The third-order valence-corrected chi connectivity index (χ3v) is 10.3. The molecule has 1 heterocycles. The zero-order chi connectivity index (χ0) is 19.9. The Bertz CT molecular complexity index is 1050. The molecule has 0 nitrogen and oxygen atoms in total. The Morgan fingerprint density at radius 2 is 1.24 bits per heavy atom. The molecule has 0 amide bonds. The minimum absolute atomic E-state index is 0.247. The molecule has 0 aliphatic carbocycles. The average molecular weight is 412 g/mol. The first-order chi connectivity index (χ1) is 14.4. The molecule has 1 atom stereocenters. The van der Waals surface area contributed by atoms with Crippen molar-refractivity contribution in [1.29, 1.82) is 0 Å². The molecule has 0 saturated heterocycles. The number of unbranched alkanes of at least 4 members (excludes halogenated alkanes) is 2. The van der Waals surface area contributed by atoms with Crippen molar-refractivity contribution in [2.24, 2.45) is 0 Å². The number of hydrogen-bond acceptors (Lipinski definition) is 0.